The van der Waals surface area contributed by atoms with Gasteiger partial charge in [0, 0.05) is 0 Å². The third-order valence-electron chi connectivity index (χ3n) is 3.50. The molecule has 1 rings (SSSR count). The zero-order valence-electron chi connectivity index (χ0n) is 13.1. The predicted octanol–water partition coefficient (Wildman–Crippen LogP) is 3.36. The minimum absolute atomic E-state index is 0.0211. The number of esters is 1. The fraction of sp³-hybridized carbons (Fsp3) is 0.588. The van der Waals surface area contributed by atoms with E-state index in [2.05, 4.69) is 13.8 Å². The van der Waals surface area contributed by atoms with Crippen LogP contribution in [-0.2, 0) is 16.0 Å². The Balaban J connectivity index is 2.89. The van der Waals surface area contributed by atoms with Gasteiger partial charge in [0.15, 0.2) is 0 Å². The van der Waals surface area contributed by atoms with Crippen molar-refractivity contribution < 1.29 is 14.6 Å². The second-order valence-electron chi connectivity index (χ2n) is 6.08. The molecule has 0 saturated carbocycles. The Morgan fingerprint density at radius 2 is 1.70 bits per heavy atom. The molecule has 0 aliphatic heterocycles. The number of rotatable bonds is 6. The molecule has 0 fully saturated rings. The van der Waals surface area contributed by atoms with Crippen molar-refractivity contribution in [3.63, 3.8) is 0 Å². The Morgan fingerprint density at radius 3 is 2.10 bits per heavy atom. The van der Waals surface area contributed by atoms with E-state index in [0.717, 1.165) is 12.0 Å². The molecule has 0 spiro atoms. The topological polar surface area (TPSA) is 46.5 Å². The fourth-order valence-electron chi connectivity index (χ4n) is 2.43. The van der Waals surface area contributed by atoms with Crippen molar-refractivity contribution in [1.29, 1.82) is 0 Å². The minimum Gasteiger partial charge on any atom is -0.469 e. The summed E-state index contributed by atoms with van der Waals surface area (Å²) in [6, 6.07) is 7.85. The molecule has 112 valence electrons. The maximum atomic E-state index is 11.8. The standard InChI is InChI=1S/C17H26O3/c1-11(2)10-13-6-8-14(9-7-13)16(18)15(12(3)4)17(19)20-5/h6-9,11-12,15-16,18H,10H2,1-5H3. The quantitative estimate of drug-likeness (QED) is 0.812. The molecule has 2 unspecified atom stereocenters. The van der Waals surface area contributed by atoms with Crippen LogP contribution < -0.4 is 0 Å². The largest absolute Gasteiger partial charge is 0.469 e. The van der Waals surface area contributed by atoms with Crippen molar-refractivity contribution in [3.8, 4) is 0 Å². The van der Waals surface area contributed by atoms with Crippen LogP contribution in [0.2, 0.25) is 0 Å². The van der Waals surface area contributed by atoms with Gasteiger partial charge in [0.25, 0.3) is 0 Å². The number of benzene rings is 1. The molecular formula is C17H26O3. The molecule has 0 radical (unpaired) electrons. The maximum absolute atomic E-state index is 11.8. The van der Waals surface area contributed by atoms with Gasteiger partial charge in [-0.25, -0.2) is 0 Å². The molecule has 20 heavy (non-hydrogen) atoms. The van der Waals surface area contributed by atoms with Crippen LogP contribution >= 0.6 is 0 Å². The summed E-state index contributed by atoms with van der Waals surface area (Å²) >= 11 is 0. The molecule has 0 aliphatic carbocycles. The lowest BCUT2D eigenvalue weighted by Crippen LogP contribution is -2.28. The summed E-state index contributed by atoms with van der Waals surface area (Å²) in [5.74, 6) is -0.272. The predicted molar refractivity (Wildman–Crippen MR) is 80.3 cm³/mol. The average molecular weight is 278 g/mol. The van der Waals surface area contributed by atoms with Crippen LogP contribution in [0.1, 0.15) is 44.9 Å². The van der Waals surface area contributed by atoms with E-state index in [9.17, 15) is 9.90 Å². The lowest BCUT2D eigenvalue weighted by molar-refractivity contribution is -0.152. The molecule has 1 aromatic rings. The van der Waals surface area contributed by atoms with E-state index in [1.54, 1.807) is 0 Å². The summed E-state index contributed by atoms with van der Waals surface area (Å²) in [5, 5.41) is 10.4. The normalized spacial score (nSPS) is 14.4. The van der Waals surface area contributed by atoms with Gasteiger partial charge in [-0.1, -0.05) is 52.0 Å². The number of carbonyl (C=O) groups is 1. The molecule has 0 saturated heterocycles. The number of aliphatic hydroxyl groups is 1. The molecule has 0 amide bonds. The highest BCUT2D eigenvalue weighted by Crippen LogP contribution is 2.29. The maximum Gasteiger partial charge on any atom is 0.311 e. The van der Waals surface area contributed by atoms with Crippen molar-refractivity contribution >= 4 is 5.97 Å². The summed E-state index contributed by atoms with van der Waals surface area (Å²) in [7, 11) is 1.36. The SMILES string of the molecule is COC(=O)C(C(C)C)C(O)c1ccc(CC(C)C)cc1. The average Bonchev–Trinajstić information content (AvgIpc) is 2.38. The first-order valence-corrected chi connectivity index (χ1v) is 7.21. The van der Waals surface area contributed by atoms with E-state index in [1.807, 2.05) is 38.1 Å². The number of hydrogen-bond donors (Lipinski definition) is 1. The zero-order chi connectivity index (χ0) is 15.3. The summed E-state index contributed by atoms with van der Waals surface area (Å²) in [6.07, 6.45) is 0.191. The Kier molecular flexibility index (Phi) is 6.21. The first-order valence-electron chi connectivity index (χ1n) is 7.21. The Bertz CT molecular complexity index is 420. The van der Waals surface area contributed by atoms with Crippen LogP contribution in [-0.4, -0.2) is 18.2 Å². The molecule has 3 heteroatoms. The van der Waals surface area contributed by atoms with Crippen molar-refractivity contribution in [2.45, 2.75) is 40.2 Å². The van der Waals surface area contributed by atoms with Crippen LogP contribution in [0.15, 0.2) is 24.3 Å². The summed E-state index contributed by atoms with van der Waals surface area (Å²) in [5.41, 5.74) is 2.01. The van der Waals surface area contributed by atoms with Gasteiger partial charge in [-0.15, -0.1) is 0 Å². The monoisotopic (exact) mass is 278 g/mol. The second-order valence-corrected chi connectivity index (χ2v) is 6.08. The molecule has 0 aromatic heterocycles. The third-order valence-corrected chi connectivity index (χ3v) is 3.50. The highest BCUT2D eigenvalue weighted by atomic mass is 16.5. The van der Waals surface area contributed by atoms with Gasteiger partial charge >= 0.3 is 5.97 Å². The van der Waals surface area contributed by atoms with E-state index in [1.165, 1.54) is 12.7 Å². The first-order chi connectivity index (χ1) is 9.36. The van der Waals surface area contributed by atoms with Gasteiger partial charge in [0.05, 0.1) is 19.1 Å². The van der Waals surface area contributed by atoms with Gasteiger partial charge in [0.1, 0.15) is 0 Å². The Hall–Kier alpha value is -1.35. The number of hydrogen-bond acceptors (Lipinski definition) is 3. The molecular weight excluding hydrogens is 252 g/mol. The second kappa shape index (κ2) is 7.44. The van der Waals surface area contributed by atoms with Crippen molar-refractivity contribution in [2.24, 2.45) is 17.8 Å². The number of ether oxygens (including phenoxy) is 1. The van der Waals surface area contributed by atoms with E-state index < -0.39 is 12.0 Å². The van der Waals surface area contributed by atoms with Gasteiger partial charge in [-0.2, -0.15) is 0 Å². The van der Waals surface area contributed by atoms with Gasteiger partial charge in [-0.3, -0.25) is 4.79 Å². The summed E-state index contributed by atoms with van der Waals surface area (Å²) < 4.78 is 4.79. The van der Waals surface area contributed by atoms with Crippen LogP contribution in [0.4, 0.5) is 0 Å². The number of methoxy groups -OCH3 is 1. The molecule has 0 bridgehead atoms. The molecule has 3 nitrogen and oxygen atoms in total. The third kappa shape index (κ3) is 4.34. The van der Waals surface area contributed by atoms with Crippen molar-refractivity contribution in [1.82, 2.24) is 0 Å². The zero-order valence-corrected chi connectivity index (χ0v) is 13.1. The fourth-order valence-corrected chi connectivity index (χ4v) is 2.43. The van der Waals surface area contributed by atoms with Gasteiger partial charge in [0.2, 0.25) is 0 Å². The summed E-state index contributed by atoms with van der Waals surface area (Å²) in [4.78, 5) is 11.8. The van der Waals surface area contributed by atoms with E-state index in [0.29, 0.717) is 5.92 Å². The first kappa shape index (κ1) is 16.7. The lowest BCUT2D eigenvalue weighted by atomic mass is 9.86. The van der Waals surface area contributed by atoms with Crippen molar-refractivity contribution in [2.75, 3.05) is 7.11 Å². The van der Waals surface area contributed by atoms with Gasteiger partial charge in [-0.05, 0) is 29.4 Å². The van der Waals surface area contributed by atoms with E-state index in [-0.39, 0.29) is 11.9 Å². The smallest absolute Gasteiger partial charge is 0.311 e. The van der Waals surface area contributed by atoms with E-state index >= 15 is 0 Å². The van der Waals surface area contributed by atoms with Crippen LogP contribution in [0, 0.1) is 17.8 Å². The minimum atomic E-state index is -0.824. The highest BCUT2D eigenvalue weighted by Gasteiger charge is 2.31. The van der Waals surface area contributed by atoms with Crippen LogP contribution in [0.5, 0.6) is 0 Å². The highest BCUT2D eigenvalue weighted by molar-refractivity contribution is 5.73. The van der Waals surface area contributed by atoms with Crippen molar-refractivity contribution in [3.05, 3.63) is 35.4 Å². The molecule has 0 aliphatic rings. The molecule has 1 aromatic carbocycles. The molecule has 1 N–H and O–H groups in total. The Labute approximate surface area is 122 Å². The molecule has 0 heterocycles. The van der Waals surface area contributed by atoms with E-state index in [4.69, 9.17) is 4.74 Å². The number of carbonyl (C=O) groups excluding carboxylic acids is 1. The number of aliphatic hydroxyl groups excluding tert-OH is 1. The van der Waals surface area contributed by atoms with Crippen LogP contribution in [0.25, 0.3) is 0 Å². The molecule has 2 atom stereocenters. The summed E-state index contributed by atoms with van der Waals surface area (Å²) in [6.45, 7) is 8.18. The van der Waals surface area contributed by atoms with Gasteiger partial charge < -0.3 is 9.84 Å². The Morgan fingerprint density at radius 1 is 1.15 bits per heavy atom. The van der Waals surface area contributed by atoms with Crippen LogP contribution in [0.3, 0.4) is 0 Å². The lowest BCUT2D eigenvalue weighted by Gasteiger charge is -2.24.